The molecule has 0 aliphatic heterocycles. The number of fused-ring (bicyclic) bond motifs is 1. The summed E-state index contributed by atoms with van der Waals surface area (Å²) in [7, 11) is -6.99. The van der Waals surface area contributed by atoms with Crippen molar-refractivity contribution < 1.29 is 36.0 Å². The van der Waals surface area contributed by atoms with Crippen LogP contribution < -0.4 is 15.4 Å². The van der Waals surface area contributed by atoms with Gasteiger partial charge in [-0.25, -0.2) is 22.8 Å². The third-order valence-corrected chi connectivity index (χ3v) is 8.85. The number of aryl methyl sites for hydroxylation is 1. The Balaban J connectivity index is 0.000000443. The summed E-state index contributed by atoms with van der Waals surface area (Å²) in [5.41, 5.74) is 4.26. The minimum Gasteiger partial charge on any atom is -0.487 e. The van der Waals surface area contributed by atoms with Crippen LogP contribution in [0.25, 0.3) is 10.9 Å². The van der Waals surface area contributed by atoms with Crippen LogP contribution in [0.2, 0.25) is 5.02 Å². The predicted molar refractivity (Wildman–Crippen MR) is 186 cm³/mol. The number of hydrogen-bond donors (Lipinski definition) is 3. The SMILES string of the molecule is CS(=O)(=O)CCNCCc1ccc2ncnc(Nc3ccc(OCc4cccc(F)c4)c(Cl)c3)c2c1.Cc1ccc(S(=O)(=O)O)cc1.O. The molecular formula is C33H36ClFN4O7S2. The van der Waals surface area contributed by atoms with Crippen molar-refractivity contribution in [2.45, 2.75) is 24.8 Å². The molecule has 0 bridgehead atoms. The topological polar surface area (TPSA) is 179 Å². The third-order valence-electron chi connectivity index (χ3n) is 6.74. The highest BCUT2D eigenvalue weighted by Gasteiger charge is 2.10. The number of nitrogens with zero attached hydrogens (tertiary/aromatic N) is 2. The maximum atomic E-state index is 13.4. The van der Waals surface area contributed by atoms with Gasteiger partial charge in [-0.05, 0) is 85.6 Å². The summed E-state index contributed by atoms with van der Waals surface area (Å²) in [4.78, 5) is 8.68. The summed E-state index contributed by atoms with van der Waals surface area (Å²) in [5, 5.41) is 7.72. The number of rotatable bonds is 12. The molecule has 48 heavy (non-hydrogen) atoms. The fourth-order valence-corrected chi connectivity index (χ4v) is 5.53. The maximum Gasteiger partial charge on any atom is 0.294 e. The Labute approximate surface area is 284 Å². The van der Waals surface area contributed by atoms with Crippen LogP contribution in [-0.2, 0) is 33.0 Å². The number of ether oxygens (including phenoxy) is 1. The molecule has 1 heterocycles. The largest absolute Gasteiger partial charge is 0.487 e. The second-order valence-corrected chi connectivity index (χ2v) is 14.8. The van der Waals surface area contributed by atoms with Crippen molar-refractivity contribution in [3.8, 4) is 5.75 Å². The van der Waals surface area contributed by atoms with Crippen LogP contribution in [0.1, 0.15) is 16.7 Å². The van der Waals surface area contributed by atoms with E-state index < -0.39 is 20.0 Å². The molecule has 5 N–H and O–H groups in total. The second-order valence-electron chi connectivity index (χ2n) is 10.7. The molecule has 0 amide bonds. The van der Waals surface area contributed by atoms with E-state index >= 15 is 0 Å². The number of anilines is 2. The zero-order valence-corrected chi connectivity index (χ0v) is 28.5. The predicted octanol–water partition coefficient (Wildman–Crippen LogP) is 5.34. The van der Waals surface area contributed by atoms with Crippen LogP contribution in [0.5, 0.6) is 5.75 Å². The smallest absolute Gasteiger partial charge is 0.294 e. The van der Waals surface area contributed by atoms with Gasteiger partial charge in [-0.15, -0.1) is 0 Å². The molecule has 0 atom stereocenters. The second kappa shape index (κ2) is 17.3. The monoisotopic (exact) mass is 718 g/mol. The summed E-state index contributed by atoms with van der Waals surface area (Å²) >= 11 is 6.43. The Morgan fingerprint density at radius 3 is 2.31 bits per heavy atom. The summed E-state index contributed by atoms with van der Waals surface area (Å²) in [5.74, 6) is 0.926. The van der Waals surface area contributed by atoms with Crippen molar-refractivity contribution >= 4 is 54.0 Å². The van der Waals surface area contributed by atoms with Gasteiger partial charge in [-0.3, -0.25) is 4.55 Å². The first kappa shape index (κ1) is 38.3. The summed E-state index contributed by atoms with van der Waals surface area (Å²) in [6, 6.07) is 23.5. The molecule has 0 aliphatic carbocycles. The van der Waals surface area contributed by atoms with Gasteiger partial charge in [0.25, 0.3) is 10.1 Å². The zero-order valence-electron chi connectivity index (χ0n) is 26.2. The average molecular weight is 719 g/mol. The van der Waals surface area contributed by atoms with E-state index in [1.54, 1.807) is 36.4 Å². The number of hydrogen-bond acceptors (Lipinski definition) is 9. The molecule has 11 nitrogen and oxygen atoms in total. The first-order valence-corrected chi connectivity index (χ1v) is 18.2. The van der Waals surface area contributed by atoms with Gasteiger partial charge in [0.1, 0.15) is 40.2 Å². The molecule has 0 spiro atoms. The van der Waals surface area contributed by atoms with E-state index in [9.17, 15) is 21.2 Å². The first-order chi connectivity index (χ1) is 22.3. The normalized spacial score (nSPS) is 11.3. The van der Waals surface area contributed by atoms with Crippen LogP contribution in [0.15, 0.2) is 96.2 Å². The van der Waals surface area contributed by atoms with Crippen LogP contribution in [0.4, 0.5) is 15.9 Å². The highest BCUT2D eigenvalue weighted by molar-refractivity contribution is 7.90. The van der Waals surface area contributed by atoms with Gasteiger partial charge < -0.3 is 20.8 Å². The summed E-state index contributed by atoms with van der Waals surface area (Å²) in [6.07, 6.45) is 3.46. The van der Waals surface area contributed by atoms with Gasteiger partial charge in [0.15, 0.2) is 0 Å². The van der Waals surface area contributed by atoms with Crippen LogP contribution in [-0.4, -0.2) is 61.9 Å². The average Bonchev–Trinajstić information content (AvgIpc) is 3.00. The zero-order chi connectivity index (χ0) is 34.0. The van der Waals surface area contributed by atoms with Gasteiger partial charge in [-0.1, -0.05) is 47.5 Å². The van der Waals surface area contributed by atoms with Gasteiger partial charge in [0, 0.05) is 23.9 Å². The molecule has 15 heteroatoms. The van der Waals surface area contributed by atoms with Gasteiger partial charge in [-0.2, -0.15) is 8.42 Å². The lowest BCUT2D eigenvalue weighted by Gasteiger charge is -2.12. The van der Waals surface area contributed by atoms with E-state index in [4.69, 9.17) is 20.9 Å². The van der Waals surface area contributed by atoms with E-state index in [1.807, 2.05) is 31.2 Å². The quantitative estimate of drug-likeness (QED) is 0.113. The van der Waals surface area contributed by atoms with Crippen LogP contribution in [0, 0.1) is 12.7 Å². The number of benzene rings is 4. The highest BCUT2D eigenvalue weighted by Crippen LogP contribution is 2.31. The fraction of sp³-hybridized carbons (Fsp3) is 0.212. The fourth-order valence-electron chi connectivity index (χ4n) is 4.30. The summed E-state index contributed by atoms with van der Waals surface area (Å²) in [6.45, 7) is 3.12. The molecule has 1 aromatic heterocycles. The third kappa shape index (κ3) is 12.1. The Morgan fingerprint density at radius 2 is 1.65 bits per heavy atom. The molecule has 0 fully saturated rings. The van der Waals surface area contributed by atoms with Crippen LogP contribution in [0.3, 0.4) is 0 Å². The number of aromatic nitrogens is 2. The summed E-state index contributed by atoms with van der Waals surface area (Å²) < 4.78 is 71.2. The van der Waals surface area contributed by atoms with E-state index in [0.29, 0.717) is 35.2 Å². The molecular weight excluding hydrogens is 683 g/mol. The first-order valence-electron chi connectivity index (χ1n) is 14.4. The van der Waals surface area contributed by atoms with Crippen molar-refractivity contribution in [1.82, 2.24) is 15.3 Å². The Morgan fingerprint density at radius 1 is 0.896 bits per heavy atom. The number of halogens is 2. The molecule has 0 radical (unpaired) electrons. The molecule has 5 rings (SSSR count). The van der Waals surface area contributed by atoms with E-state index in [1.165, 1.54) is 36.8 Å². The molecule has 256 valence electrons. The highest BCUT2D eigenvalue weighted by atomic mass is 35.5. The van der Waals surface area contributed by atoms with E-state index in [-0.39, 0.29) is 28.5 Å². The molecule has 0 saturated carbocycles. The molecule has 0 saturated heterocycles. The van der Waals surface area contributed by atoms with Crippen molar-refractivity contribution in [3.05, 3.63) is 119 Å². The van der Waals surface area contributed by atoms with Crippen molar-refractivity contribution in [1.29, 1.82) is 0 Å². The number of sulfone groups is 1. The van der Waals surface area contributed by atoms with Crippen molar-refractivity contribution in [2.24, 2.45) is 0 Å². The van der Waals surface area contributed by atoms with Crippen LogP contribution >= 0.6 is 11.6 Å². The molecule has 0 aliphatic rings. The molecule has 0 unspecified atom stereocenters. The molecule has 4 aromatic carbocycles. The lowest BCUT2D eigenvalue weighted by Crippen LogP contribution is -2.24. The number of nitrogens with one attached hydrogen (secondary N) is 2. The maximum absolute atomic E-state index is 13.4. The Kier molecular flexibility index (Phi) is 13.8. The van der Waals surface area contributed by atoms with E-state index in [0.717, 1.165) is 34.1 Å². The van der Waals surface area contributed by atoms with Crippen molar-refractivity contribution in [3.63, 3.8) is 0 Å². The Hall–Kier alpha value is -4.18. The Bertz CT molecular complexity index is 2050. The molecule has 5 aromatic rings. The van der Waals surface area contributed by atoms with E-state index in [2.05, 4.69) is 20.6 Å². The standard InChI is InChI=1S/C26H26ClFN4O3S.C7H8O3S.H2O/c1-36(33,34)12-11-29-10-9-18-5-7-24-22(14-18)26(31-17-30-24)32-21-6-8-25(23(27)15-21)35-16-19-3-2-4-20(28)13-19;1-6-2-4-7(5-3-6)11(8,9)10;/h2-8,13-15,17,29H,9-12,16H2,1H3,(H,30,31,32);2-5H,1H3,(H,8,9,10);1H2. The lowest BCUT2D eigenvalue weighted by molar-refractivity contribution is 0.306. The van der Waals surface area contributed by atoms with Gasteiger partial charge in [0.2, 0.25) is 0 Å². The lowest BCUT2D eigenvalue weighted by atomic mass is 10.1. The minimum atomic E-state index is -4.02. The van der Waals surface area contributed by atoms with Gasteiger partial charge >= 0.3 is 0 Å². The van der Waals surface area contributed by atoms with Crippen molar-refractivity contribution in [2.75, 3.05) is 30.4 Å². The minimum absolute atomic E-state index is 0. The van der Waals surface area contributed by atoms with Gasteiger partial charge in [0.05, 0.1) is 21.2 Å².